The number of rotatable bonds is 6. The summed E-state index contributed by atoms with van der Waals surface area (Å²) in [7, 11) is -2.49. The van der Waals surface area contributed by atoms with E-state index in [4.69, 9.17) is 0 Å². The summed E-state index contributed by atoms with van der Waals surface area (Å²) in [6, 6.07) is 10.7. The summed E-state index contributed by atoms with van der Waals surface area (Å²) in [6.07, 6.45) is 0. The molecule has 0 aromatic heterocycles. The van der Waals surface area contributed by atoms with Crippen molar-refractivity contribution >= 4 is 50.8 Å². The van der Waals surface area contributed by atoms with Crippen LogP contribution in [0.25, 0.3) is 0 Å². The van der Waals surface area contributed by atoms with Crippen molar-refractivity contribution in [2.75, 3.05) is 23.5 Å². The van der Waals surface area contributed by atoms with Gasteiger partial charge in [0.25, 0.3) is 0 Å². The highest BCUT2D eigenvalue weighted by atomic mass is 32.2. The molecule has 0 bridgehead atoms. The highest BCUT2D eigenvalue weighted by Crippen LogP contribution is 2.37. The van der Waals surface area contributed by atoms with Crippen molar-refractivity contribution in [1.29, 1.82) is 0 Å². The summed E-state index contributed by atoms with van der Waals surface area (Å²) >= 11 is 1.36. The highest BCUT2D eigenvalue weighted by Gasteiger charge is 2.27. The summed E-state index contributed by atoms with van der Waals surface area (Å²) in [5.41, 5.74) is 1.23. The van der Waals surface area contributed by atoms with Crippen LogP contribution in [0.3, 0.4) is 0 Å². The average Bonchev–Trinajstić information content (AvgIpc) is 2.73. The van der Waals surface area contributed by atoms with Gasteiger partial charge in [-0.25, -0.2) is 13.2 Å². The van der Waals surface area contributed by atoms with E-state index >= 15 is 0 Å². The zero-order valence-electron chi connectivity index (χ0n) is 17.2. The Morgan fingerprint density at radius 3 is 2.52 bits per heavy atom. The lowest BCUT2D eigenvalue weighted by molar-refractivity contribution is -0.119. The largest absolute Gasteiger partial charge is 0.465 e. The van der Waals surface area contributed by atoms with Crippen molar-refractivity contribution in [3.8, 4) is 0 Å². The minimum atomic E-state index is -3.77. The fourth-order valence-electron chi connectivity index (χ4n) is 2.96. The van der Waals surface area contributed by atoms with Crippen molar-refractivity contribution in [1.82, 2.24) is 0 Å². The number of anilines is 2. The minimum Gasteiger partial charge on any atom is -0.465 e. The van der Waals surface area contributed by atoms with Crippen molar-refractivity contribution in [3.05, 3.63) is 48.0 Å². The molecule has 0 saturated carbocycles. The first-order chi connectivity index (χ1) is 14.6. The van der Waals surface area contributed by atoms with Crippen LogP contribution in [0.2, 0.25) is 0 Å². The van der Waals surface area contributed by atoms with E-state index in [0.717, 1.165) is 4.90 Å². The fraction of sp³-hybridized carbons (Fsp3) is 0.286. The van der Waals surface area contributed by atoms with E-state index < -0.39 is 33.4 Å². The Labute approximate surface area is 184 Å². The SMILES string of the molecule is COC(=O)c1ccc(NC(=O)[C@H](C)CS(=O)(=O)c2ccc3c(c2)NC(=O)[C@@H](C)S3)cc1. The van der Waals surface area contributed by atoms with Crippen molar-refractivity contribution in [2.45, 2.75) is 28.9 Å². The second-order valence-corrected chi connectivity index (χ2v) is 10.6. The van der Waals surface area contributed by atoms with E-state index in [1.807, 2.05) is 0 Å². The maximum Gasteiger partial charge on any atom is 0.337 e. The quantitative estimate of drug-likeness (QED) is 0.634. The molecule has 0 spiro atoms. The fourth-order valence-corrected chi connectivity index (χ4v) is 5.46. The second-order valence-electron chi connectivity index (χ2n) is 7.15. The predicted molar refractivity (Wildman–Crippen MR) is 118 cm³/mol. The number of methoxy groups -OCH3 is 1. The van der Waals surface area contributed by atoms with Gasteiger partial charge in [-0.15, -0.1) is 11.8 Å². The van der Waals surface area contributed by atoms with E-state index in [1.54, 1.807) is 13.0 Å². The standard InChI is InChI=1S/C21H22N2O6S2/c1-12(19(24)22-15-6-4-14(5-7-15)21(26)29-3)11-31(27,28)16-8-9-18-17(10-16)23-20(25)13(2)30-18/h4-10,12-13H,11H2,1-3H3,(H,22,24)(H,23,25)/t12-,13-/m1/s1. The number of thioether (sulfide) groups is 1. The normalized spacial score (nSPS) is 16.6. The summed E-state index contributed by atoms with van der Waals surface area (Å²) in [6.45, 7) is 3.30. The van der Waals surface area contributed by atoms with Crippen LogP contribution in [-0.4, -0.2) is 44.3 Å². The van der Waals surface area contributed by atoms with Gasteiger partial charge in [-0.1, -0.05) is 6.92 Å². The summed E-state index contributed by atoms with van der Waals surface area (Å²) in [5.74, 6) is -2.37. The maximum absolute atomic E-state index is 12.8. The van der Waals surface area contributed by atoms with Gasteiger partial charge in [0.15, 0.2) is 9.84 Å². The first-order valence-corrected chi connectivity index (χ1v) is 12.0. The van der Waals surface area contributed by atoms with Crippen LogP contribution in [-0.2, 0) is 24.2 Å². The van der Waals surface area contributed by atoms with Crippen LogP contribution in [0.4, 0.5) is 11.4 Å². The van der Waals surface area contributed by atoms with E-state index in [9.17, 15) is 22.8 Å². The highest BCUT2D eigenvalue weighted by molar-refractivity contribution is 8.01. The monoisotopic (exact) mass is 462 g/mol. The molecule has 2 N–H and O–H groups in total. The Morgan fingerprint density at radius 1 is 1.19 bits per heavy atom. The number of hydrogen-bond donors (Lipinski definition) is 2. The molecule has 31 heavy (non-hydrogen) atoms. The molecule has 1 heterocycles. The van der Waals surface area contributed by atoms with Gasteiger partial charge in [0.1, 0.15) is 0 Å². The van der Waals surface area contributed by atoms with Crippen LogP contribution >= 0.6 is 11.8 Å². The van der Waals surface area contributed by atoms with Crippen LogP contribution in [0.15, 0.2) is 52.3 Å². The zero-order valence-corrected chi connectivity index (χ0v) is 18.8. The smallest absolute Gasteiger partial charge is 0.337 e. The van der Waals surface area contributed by atoms with Gasteiger partial charge in [0.05, 0.1) is 34.3 Å². The lowest BCUT2D eigenvalue weighted by Gasteiger charge is -2.22. The zero-order chi connectivity index (χ0) is 22.8. The van der Waals surface area contributed by atoms with Gasteiger partial charge in [-0.2, -0.15) is 0 Å². The van der Waals surface area contributed by atoms with E-state index in [-0.39, 0.29) is 16.1 Å². The van der Waals surface area contributed by atoms with Crippen LogP contribution in [0, 0.1) is 5.92 Å². The minimum absolute atomic E-state index is 0.0452. The molecule has 164 valence electrons. The number of nitrogens with one attached hydrogen (secondary N) is 2. The lowest BCUT2D eigenvalue weighted by Crippen LogP contribution is -2.28. The molecule has 0 aliphatic carbocycles. The molecule has 2 aromatic carbocycles. The molecule has 8 nitrogen and oxygen atoms in total. The van der Waals surface area contributed by atoms with Crippen LogP contribution in [0.5, 0.6) is 0 Å². The lowest BCUT2D eigenvalue weighted by atomic mass is 10.1. The van der Waals surface area contributed by atoms with Gasteiger partial charge >= 0.3 is 5.97 Å². The molecular weight excluding hydrogens is 440 g/mol. The Balaban J connectivity index is 1.68. The first-order valence-electron chi connectivity index (χ1n) is 9.44. The maximum atomic E-state index is 12.8. The molecule has 2 aromatic rings. The van der Waals surface area contributed by atoms with Crippen LogP contribution in [0.1, 0.15) is 24.2 Å². The number of benzene rings is 2. The first kappa shape index (κ1) is 22.8. The number of ether oxygens (including phenoxy) is 1. The number of amides is 2. The molecule has 0 radical (unpaired) electrons. The van der Waals surface area contributed by atoms with Gasteiger partial charge in [-0.05, 0) is 49.4 Å². The Hall–Kier alpha value is -2.85. The van der Waals surface area contributed by atoms with Crippen LogP contribution < -0.4 is 10.6 Å². The summed E-state index contributed by atoms with van der Waals surface area (Å²) in [5, 5.41) is 5.11. The Kier molecular flexibility index (Phi) is 6.71. The molecule has 0 unspecified atom stereocenters. The number of sulfone groups is 1. The predicted octanol–water partition coefficient (Wildman–Crippen LogP) is 2.95. The topological polar surface area (TPSA) is 119 Å². The summed E-state index contributed by atoms with van der Waals surface area (Å²) < 4.78 is 30.3. The number of carbonyl (C=O) groups is 3. The van der Waals surface area contributed by atoms with Gasteiger partial charge in [0.2, 0.25) is 11.8 Å². The van der Waals surface area contributed by atoms with E-state index in [2.05, 4.69) is 15.4 Å². The third kappa shape index (κ3) is 5.26. The molecule has 3 rings (SSSR count). The molecule has 0 saturated heterocycles. The van der Waals surface area contributed by atoms with Crippen molar-refractivity contribution in [3.63, 3.8) is 0 Å². The third-order valence-electron chi connectivity index (χ3n) is 4.73. The average molecular weight is 463 g/mol. The molecule has 2 amide bonds. The summed E-state index contributed by atoms with van der Waals surface area (Å²) in [4.78, 5) is 36.7. The van der Waals surface area contributed by atoms with Crippen molar-refractivity contribution in [2.24, 2.45) is 5.92 Å². The third-order valence-corrected chi connectivity index (χ3v) is 7.82. The second kappa shape index (κ2) is 9.11. The number of fused-ring (bicyclic) bond motifs is 1. The van der Waals surface area contributed by atoms with Crippen molar-refractivity contribution < 1.29 is 27.5 Å². The van der Waals surface area contributed by atoms with E-state index in [1.165, 1.54) is 62.2 Å². The molecule has 10 heteroatoms. The molecule has 1 aliphatic rings. The molecule has 2 atom stereocenters. The van der Waals surface area contributed by atoms with Gasteiger partial charge in [0, 0.05) is 16.5 Å². The molecule has 1 aliphatic heterocycles. The Morgan fingerprint density at radius 2 is 1.87 bits per heavy atom. The molecule has 0 fully saturated rings. The van der Waals surface area contributed by atoms with Gasteiger partial charge < -0.3 is 15.4 Å². The Bertz CT molecular complexity index is 1130. The van der Waals surface area contributed by atoms with Gasteiger partial charge in [-0.3, -0.25) is 9.59 Å². The number of carbonyl (C=O) groups excluding carboxylic acids is 3. The molecular formula is C21H22N2O6S2. The number of esters is 1. The number of hydrogen-bond acceptors (Lipinski definition) is 7. The van der Waals surface area contributed by atoms with E-state index in [0.29, 0.717) is 16.9 Å².